The molecule has 3 atom stereocenters. The lowest BCUT2D eigenvalue weighted by Crippen LogP contribution is -2.54. The molecule has 0 aliphatic carbocycles. The highest BCUT2D eigenvalue weighted by Gasteiger charge is 2.29. The molecule has 2 heterocycles. The molecule has 0 unspecified atom stereocenters. The standard InChI is InChI=1S/C27H37N5O5S/c1-16(2)12-20-27(36)30-17(3)14-37-22-9-6-5-8-19(22)25(34)32-21(13-23(33)31-20)26(35)28-11-7-10-24-29-18(4)15-38-24/h5-6,8-9,15-17,20-21H,7,10-14H2,1-4H3,(H,28,35)(H,30,36)(H,31,33)(H,32,34)/t17-,20+,21+/m1/s1. The Balaban J connectivity index is 1.77. The van der Waals surface area contributed by atoms with E-state index < -0.39 is 29.8 Å². The number of rotatable bonds is 7. The molecule has 1 aromatic heterocycles. The van der Waals surface area contributed by atoms with E-state index in [1.165, 1.54) is 0 Å². The topological polar surface area (TPSA) is 139 Å². The van der Waals surface area contributed by atoms with Gasteiger partial charge >= 0.3 is 0 Å². The SMILES string of the molecule is Cc1csc(CCCNC(=O)[C@@H]2CC(=O)N[C@@H](CC(C)C)C(=O)N[C@H](C)COc3ccccc3C(=O)N2)n1. The van der Waals surface area contributed by atoms with Gasteiger partial charge in [-0.2, -0.15) is 0 Å². The summed E-state index contributed by atoms with van der Waals surface area (Å²) in [5.41, 5.74) is 1.20. The van der Waals surface area contributed by atoms with Gasteiger partial charge in [0.1, 0.15) is 24.4 Å². The fourth-order valence-electron chi connectivity index (χ4n) is 4.06. The summed E-state index contributed by atoms with van der Waals surface area (Å²) in [6, 6.07) is 4.39. The number of hydrogen-bond donors (Lipinski definition) is 4. The minimum absolute atomic E-state index is 0.126. The van der Waals surface area contributed by atoms with Crippen LogP contribution in [0.15, 0.2) is 29.6 Å². The second-order valence-corrected chi connectivity index (χ2v) is 10.9. The Kier molecular flexibility index (Phi) is 10.6. The quantitative estimate of drug-likeness (QED) is 0.395. The van der Waals surface area contributed by atoms with E-state index >= 15 is 0 Å². The Hall–Kier alpha value is -3.47. The van der Waals surface area contributed by atoms with Crippen LogP contribution in [0.5, 0.6) is 5.75 Å². The second-order valence-electron chi connectivity index (χ2n) is 9.97. The molecule has 3 rings (SSSR count). The van der Waals surface area contributed by atoms with Crippen LogP contribution in [0.4, 0.5) is 0 Å². The highest BCUT2D eigenvalue weighted by Crippen LogP contribution is 2.19. The number of nitrogens with one attached hydrogen (secondary N) is 4. The molecule has 10 nitrogen and oxygen atoms in total. The van der Waals surface area contributed by atoms with E-state index in [0.717, 1.165) is 10.7 Å². The Morgan fingerprint density at radius 3 is 2.66 bits per heavy atom. The number of nitrogens with zero attached hydrogens (tertiary/aromatic N) is 1. The molecular formula is C27H37N5O5S. The number of benzene rings is 1. The number of aromatic nitrogens is 1. The Bertz CT molecular complexity index is 1130. The fourth-order valence-corrected chi connectivity index (χ4v) is 4.88. The summed E-state index contributed by atoms with van der Waals surface area (Å²) in [4.78, 5) is 56.6. The zero-order valence-electron chi connectivity index (χ0n) is 22.3. The van der Waals surface area contributed by atoms with Crippen molar-refractivity contribution in [1.82, 2.24) is 26.3 Å². The average molecular weight is 544 g/mol. The summed E-state index contributed by atoms with van der Waals surface area (Å²) in [5, 5.41) is 14.1. The molecule has 0 radical (unpaired) electrons. The third kappa shape index (κ3) is 8.83. The van der Waals surface area contributed by atoms with Gasteiger partial charge in [-0.25, -0.2) is 4.98 Å². The molecular weight excluding hydrogens is 506 g/mol. The van der Waals surface area contributed by atoms with Crippen LogP contribution in [0.2, 0.25) is 0 Å². The van der Waals surface area contributed by atoms with Crippen LogP contribution in [-0.2, 0) is 20.8 Å². The fraction of sp³-hybridized carbons (Fsp3) is 0.519. The van der Waals surface area contributed by atoms with Crippen molar-refractivity contribution in [1.29, 1.82) is 0 Å². The van der Waals surface area contributed by atoms with Gasteiger partial charge in [-0.1, -0.05) is 26.0 Å². The molecule has 1 aliphatic heterocycles. The maximum Gasteiger partial charge on any atom is 0.255 e. The van der Waals surface area contributed by atoms with E-state index in [1.54, 1.807) is 42.5 Å². The smallest absolute Gasteiger partial charge is 0.255 e. The number of amides is 4. The Morgan fingerprint density at radius 2 is 1.95 bits per heavy atom. The minimum atomic E-state index is -1.14. The van der Waals surface area contributed by atoms with Gasteiger partial charge in [-0.15, -0.1) is 11.3 Å². The molecule has 0 bridgehead atoms. The number of ether oxygens (including phenoxy) is 1. The van der Waals surface area contributed by atoms with Crippen molar-refractivity contribution < 1.29 is 23.9 Å². The summed E-state index contributed by atoms with van der Waals surface area (Å²) in [6.07, 6.45) is 1.49. The zero-order chi connectivity index (χ0) is 27.7. The van der Waals surface area contributed by atoms with Gasteiger partial charge in [0.25, 0.3) is 5.91 Å². The van der Waals surface area contributed by atoms with Crippen molar-refractivity contribution in [3.8, 4) is 5.75 Å². The third-order valence-corrected chi connectivity index (χ3v) is 6.94. The summed E-state index contributed by atoms with van der Waals surface area (Å²) < 4.78 is 5.85. The first kappa shape index (κ1) is 29.1. The predicted octanol–water partition coefficient (Wildman–Crippen LogP) is 2.12. The van der Waals surface area contributed by atoms with E-state index in [9.17, 15) is 19.2 Å². The monoisotopic (exact) mass is 543 g/mol. The number of carbonyl (C=O) groups is 4. The summed E-state index contributed by atoms with van der Waals surface area (Å²) in [7, 11) is 0. The van der Waals surface area contributed by atoms with Crippen molar-refractivity contribution in [3.05, 3.63) is 45.9 Å². The van der Waals surface area contributed by atoms with Crippen LogP contribution in [0, 0.1) is 12.8 Å². The van der Waals surface area contributed by atoms with Gasteiger partial charge in [-0.3, -0.25) is 19.2 Å². The molecule has 206 valence electrons. The first-order valence-electron chi connectivity index (χ1n) is 12.9. The number of fused-ring (bicyclic) bond motifs is 1. The summed E-state index contributed by atoms with van der Waals surface area (Å²) in [5.74, 6) is -1.37. The highest BCUT2D eigenvalue weighted by molar-refractivity contribution is 7.09. The van der Waals surface area contributed by atoms with Crippen LogP contribution in [0.1, 0.15) is 61.1 Å². The molecule has 4 amide bonds. The molecule has 1 aromatic carbocycles. The second kappa shape index (κ2) is 13.9. The maximum absolute atomic E-state index is 13.2. The van der Waals surface area contributed by atoms with Gasteiger partial charge < -0.3 is 26.0 Å². The van der Waals surface area contributed by atoms with Crippen molar-refractivity contribution in [2.45, 2.75) is 71.5 Å². The largest absolute Gasteiger partial charge is 0.491 e. The molecule has 38 heavy (non-hydrogen) atoms. The van der Waals surface area contributed by atoms with Crippen LogP contribution < -0.4 is 26.0 Å². The molecule has 11 heteroatoms. The molecule has 0 spiro atoms. The van der Waals surface area contributed by atoms with Crippen molar-refractivity contribution in [2.75, 3.05) is 13.2 Å². The van der Waals surface area contributed by atoms with Crippen molar-refractivity contribution in [3.63, 3.8) is 0 Å². The number of thiazole rings is 1. The van der Waals surface area contributed by atoms with Gasteiger partial charge in [0, 0.05) is 24.0 Å². The van der Waals surface area contributed by atoms with E-state index in [2.05, 4.69) is 26.3 Å². The number of hydrogen-bond acceptors (Lipinski definition) is 7. The number of para-hydroxylation sites is 1. The maximum atomic E-state index is 13.2. The normalized spacial score (nSPS) is 20.9. The lowest BCUT2D eigenvalue weighted by Gasteiger charge is -2.25. The molecule has 0 saturated carbocycles. The van der Waals surface area contributed by atoms with Crippen LogP contribution >= 0.6 is 11.3 Å². The van der Waals surface area contributed by atoms with E-state index in [4.69, 9.17) is 4.74 Å². The molecule has 4 N–H and O–H groups in total. The Labute approximate surface area is 227 Å². The first-order chi connectivity index (χ1) is 18.1. The summed E-state index contributed by atoms with van der Waals surface area (Å²) in [6.45, 7) is 8.12. The van der Waals surface area contributed by atoms with Crippen LogP contribution in [-0.4, -0.2) is 59.9 Å². The molecule has 1 aliphatic rings. The molecule has 0 fully saturated rings. The lowest BCUT2D eigenvalue weighted by atomic mass is 10.0. The van der Waals surface area contributed by atoms with Gasteiger partial charge in [0.05, 0.1) is 23.0 Å². The number of carbonyl (C=O) groups excluding carboxylic acids is 4. The van der Waals surface area contributed by atoms with Crippen molar-refractivity contribution in [2.24, 2.45) is 5.92 Å². The van der Waals surface area contributed by atoms with E-state index in [1.807, 2.05) is 26.2 Å². The minimum Gasteiger partial charge on any atom is -0.491 e. The van der Waals surface area contributed by atoms with Crippen LogP contribution in [0.3, 0.4) is 0 Å². The predicted molar refractivity (Wildman–Crippen MR) is 145 cm³/mol. The van der Waals surface area contributed by atoms with Crippen LogP contribution in [0.25, 0.3) is 0 Å². The average Bonchev–Trinajstić information content (AvgIpc) is 3.28. The third-order valence-electron chi connectivity index (χ3n) is 5.91. The van der Waals surface area contributed by atoms with Gasteiger partial charge in [0.15, 0.2) is 0 Å². The Morgan fingerprint density at radius 1 is 1.18 bits per heavy atom. The first-order valence-corrected chi connectivity index (χ1v) is 13.8. The van der Waals surface area contributed by atoms with E-state index in [0.29, 0.717) is 31.6 Å². The summed E-state index contributed by atoms with van der Waals surface area (Å²) >= 11 is 1.57. The highest BCUT2D eigenvalue weighted by atomic mass is 32.1. The lowest BCUT2D eigenvalue weighted by molar-refractivity contribution is -0.131. The number of aryl methyl sites for hydroxylation is 2. The van der Waals surface area contributed by atoms with Crippen molar-refractivity contribution >= 4 is 35.0 Å². The van der Waals surface area contributed by atoms with Gasteiger partial charge in [-0.05, 0) is 44.7 Å². The van der Waals surface area contributed by atoms with Gasteiger partial charge in [0.2, 0.25) is 17.7 Å². The zero-order valence-corrected chi connectivity index (χ0v) is 23.2. The molecule has 0 saturated heterocycles. The van der Waals surface area contributed by atoms with E-state index in [-0.39, 0.29) is 36.5 Å². The molecule has 2 aromatic rings.